The fraction of sp³-hybridized carbons (Fsp3) is 0.500. The number of aliphatic hydroxyl groups excluding tert-OH is 1. The molecular formula is C16H22N4O2. The molecule has 5 N–H and O–H groups in total. The monoisotopic (exact) mass is 302 g/mol. The number of carbonyl (C=O) groups is 1. The molecule has 0 aliphatic heterocycles. The maximum atomic E-state index is 12.4. The summed E-state index contributed by atoms with van der Waals surface area (Å²) in [6.45, 7) is 0.431. The maximum Gasteiger partial charge on any atom is 0.253 e. The lowest BCUT2D eigenvalue weighted by atomic mass is 9.85. The van der Waals surface area contributed by atoms with Crippen LogP contribution in [0.25, 0.3) is 11.0 Å². The van der Waals surface area contributed by atoms with Crippen LogP contribution in [0.4, 0.5) is 0 Å². The van der Waals surface area contributed by atoms with Crippen molar-refractivity contribution < 1.29 is 9.90 Å². The van der Waals surface area contributed by atoms with E-state index in [9.17, 15) is 4.79 Å². The first-order valence-corrected chi connectivity index (χ1v) is 7.81. The molecule has 0 radical (unpaired) electrons. The second-order valence-corrected chi connectivity index (χ2v) is 5.96. The summed E-state index contributed by atoms with van der Waals surface area (Å²) >= 11 is 0. The van der Waals surface area contributed by atoms with Gasteiger partial charge in [-0.05, 0) is 30.9 Å². The van der Waals surface area contributed by atoms with E-state index in [1.807, 2.05) is 12.1 Å². The summed E-state index contributed by atoms with van der Waals surface area (Å²) in [6.07, 6.45) is 4.48. The molecule has 1 fully saturated rings. The van der Waals surface area contributed by atoms with Crippen molar-refractivity contribution in [2.45, 2.75) is 38.3 Å². The Hall–Kier alpha value is -1.92. The minimum Gasteiger partial charge on any atom is -0.388 e. The van der Waals surface area contributed by atoms with Gasteiger partial charge in [0, 0.05) is 12.6 Å². The third-order valence-corrected chi connectivity index (χ3v) is 4.45. The highest BCUT2D eigenvalue weighted by atomic mass is 16.3. The number of hydrogen-bond acceptors (Lipinski definition) is 4. The van der Waals surface area contributed by atoms with Crippen LogP contribution in [0.3, 0.4) is 0 Å². The van der Waals surface area contributed by atoms with Crippen molar-refractivity contribution in [3.63, 3.8) is 0 Å². The lowest BCUT2D eigenvalue weighted by Gasteiger charge is -2.28. The summed E-state index contributed by atoms with van der Waals surface area (Å²) in [4.78, 5) is 19.7. The molecule has 1 aromatic heterocycles. The van der Waals surface area contributed by atoms with Crippen LogP contribution in [0.2, 0.25) is 0 Å². The molecule has 6 heteroatoms. The summed E-state index contributed by atoms with van der Waals surface area (Å²) < 4.78 is 0. The van der Waals surface area contributed by atoms with Crippen LogP contribution in [0.1, 0.15) is 41.9 Å². The maximum absolute atomic E-state index is 12.4. The Balaban J connectivity index is 1.73. The summed E-state index contributed by atoms with van der Waals surface area (Å²) in [5, 5.41) is 12.1. The number of benzene rings is 1. The van der Waals surface area contributed by atoms with Gasteiger partial charge >= 0.3 is 0 Å². The van der Waals surface area contributed by atoms with Crippen LogP contribution < -0.4 is 11.1 Å². The second kappa shape index (κ2) is 6.46. The van der Waals surface area contributed by atoms with E-state index in [-0.39, 0.29) is 18.6 Å². The van der Waals surface area contributed by atoms with Crippen molar-refractivity contribution in [1.29, 1.82) is 0 Å². The standard InChI is InChI=1S/C16H22N4O2/c17-12-6-2-1-4-10(12)8-18-16(22)11-5-3-7-13-15(11)20-14(9-21)19-13/h3,5,7,10,12,21H,1-2,4,6,8-9,17H2,(H,18,22)(H,19,20). The molecule has 118 valence electrons. The van der Waals surface area contributed by atoms with E-state index in [0.29, 0.717) is 29.4 Å². The number of rotatable bonds is 4. The highest BCUT2D eigenvalue weighted by Gasteiger charge is 2.22. The molecule has 1 amide bonds. The Bertz CT molecular complexity index is 667. The number of hydrogen-bond donors (Lipinski definition) is 4. The van der Waals surface area contributed by atoms with Crippen molar-refractivity contribution >= 4 is 16.9 Å². The first kappa shape index (κ1) is 15.0. The lowest BCUT2D eigenvalue weighted by Crippen LogP contribution is -2.41. The van der Waals surface area contributed by atoms with Gasteiger partial charge in [-0.1, -0.05) is 18.9 Å². The molecule has 0 saturated heterocycles. The van der Waals surface area contributed by atoms with Crippen LogP contribution in [0.5, 0.6) is 0 Å². The molecule has 1 saturated carbocycles. The number of fused-ring (bicyclic) bond motifs is 1. The van der Waals surface area contributed by atoms with E-state index in [1.165, 1.54) is 12.8 Å². The van der Waals surface area contributed by atoms with Gasteiger partial charge in [-0.2, -0.15) is 0 Å². The predicted molar refractivity (Wildman–Crippen MR) is 84.3 cm³/mol. The number of amides is 1. The minimum atomic E-state index is -0.174. The number of aromatic nitrogens is 2. The topological polar surface area (TPSA) is 104 Å². The number of aromatic amines is 1. The molecular weight excluding hydrogens is 280 g/mol. The first-order valence-electron chi connectivity index (χ1n) is 7.81. The van der Waals surface area contributed by atoms with E-state index in [2.05, 4.69) is 15.3 Å². The number of nitrogens with two attached hydrogens (primary N) is 1. The molecule has 0 spiro atoms. The van der Waals surface area contributed by atoms with Crippen molar-refractivity contribution in [2.24, 2.45) is 11.7 Å². The van der Waals surface area contributed by atoms with Crippen LogP contribution in [-0.4, -0.2) is 33.6 Å². The average molecular weight is 302 g/mol. The molecule has 2 aromatic rings. The Morgan fingerprint density at radius 1 is 1.41 bits per heavy atom. The average Bonchev–Trinajstić information content (AvgIpc) is 2.97. The molecule has 2 atom stereocenters. The molecule has 1 aliphatic carbocycles. The van der Waals surface area contributed by atoms with Crippen molar-refractivity contribution in [1.82, 2.24) is 15.3 Å². The van der Waals surface area contributed by atoms with Crippen molar-refractivity contribution in [3.05, 3.63) is 29.6 Å². The molecule has 6 nitrogen and oxygen atoms in total. The van der Waals surface area contributed by atoms with Gasteiger partial charge in [-0.15, -0.1) is 0 Å². The zero-order valence-corrected chi connectivity index (χ0v) is 12.5. The van der Waals surface area contributed by atoms with Crippen molar-refractivity contribution in [2.75, 3.05) is 6.54 Å². The van der Waals surface area contributed by atoms with Gasteiger partial charge in [0.05, 0.1) is 11.1 Å². The highest BCUT2D eigenvalue weighted by molar-refractivity contribution is 6.04. The molecule has 2 unspecified atom stereocenters. The normalized spacial score (nSPS) is 21.9. The smallest absolute Gasteiger partial charge is 0.253 e. The summed E-state index contributed by atoms with van der Waals surface area (Å²) in [7, 11) is 0. The number of nitrogens with zero attached hydrogens (tertiary/aromatic N) is 1. The van der Waals surface area contributed by atoms with Gasteiger partial charge < -0.3 is 21.1 Å². The second-order valence-electron chi connectivity index (χ2n) is 5.96. The van der Waals surface area contributed by atoms with Crippen LogP contribution >= 0.6 is 0 Å². The fourth-order valence-corrected chi connectivity index (χ4v) is 3.15. The minimum absolute atomic E-state index is 0.139. The van der Waals surface area contributed by atoms with E-state index in [4.69, 9.17) is 10.8 Å². The summed E-state index contributed by atoms with van der Waals surface area (Å²) in [5.74, 6) is 0.674. The Morgan fingerprint density at radius 2 is 2.23 bits per heavy atom. The zero-order valence-electron chi connectivity index (χ0n) is 12.5. The predicted octanol–water partition coefficient (Wildman–Crippen LogP) is 1.30. The largest absolute Gasteiger partial charge is 0.388 e. The Kier molecular flexibility index (Phi) is 4.40. The van der Waals surface area contributed by atoms with Gasteiger partial charge in [0.25, 0.3) is 5.91 Å². The first-order chi connectivity index (χ1) is 10.7. The van der Waals surface area contributed by atoms with Gasteiger partial charge in [-0.3, -0.25) is 4.79 Å². The number of nitrogens with one attached hydrogen (secondary N) is 2. The van der Waals surface area contributed by atoms with Crippen LogP contribution in [-0.2, 0) is 6.61 Å². The molecule has 22 heavy (non-hydrogen) atoms. The SMILES string of the molecule is NC1CCCCC1CNC(=O)c1cccc2[nH]c(CO)nc12. The van der Waals surface area contributed by atoms with Crippen LogP contribution in [0, 0.1) is 5.92 Å². The number of para-hydroxylation sites is 1. The molecule has 1 aliphatic rings. The molecule has 1 heterocycles. The quantitative estimate of drug-likeness (QED) is 0.683. The number of H-pyrrole nitrogens is 1. The van der Waals surface area contributed by atoms with Crippen molar-refractivity contribution in [3.8, 4) is 0 Å². The van der Waals surface area contributed by atoms with E-state index < -0.39 is 0 Å². The van der Waals surface area contributed by atoms with E-state index >= 15 is 0 Å². The molecule has 3 rings (SSSR count). The Morgan fingerprint density at radius 3 is 3.00 bits per heavy atom. The van der Waals surface area contributed by atoms with Gasteiger partial charge in [0.15, 0.2) is 0 Å². The third-order valence-electron chi connectivity index (χ3n) is 4.45. The number of carbonyl (C=O) groups excluding carboxylic acids is 1. The fourth-order valence-electron chi connectivity index (χ4n) is 3.15. The summed E-state index contributed by atoms with van der Waals surface area (Å²) in [6, 6.07) is 5.58. The van der Waals surface area contributed by atoms with Crippen LogP contribution in [0.15, 0.2) is 18.2 Å². The molecule has 0 bridgehead atoms. The van der Waals surface area contributed by atoms with E-state index in [0.717, 1.165) is 18.4 Å². The van der Waals surface area contributed by atoms with Gasteiger partial charge in [0.1, 0.15) is 17.9 Å². The number of aliphatic hydroxyl groups is 1. The molecule has 1 aromatic carbocycles. The Labute approximate surface area is 129 Å². The highest BCUT2D eigenvalue weighted by Crippen LogP contribution is 2.22. The third kappa shape index (κ3) is 2.98. The lowest BCUT2D eigenvalue weighted by molar-refractivity contribution is 0.0943. The zero-order chi connectivity index (χ0) is 15.5. The summed E-state index contributed by atoms with van der Waals surface area (Å²) in [5.41, 5.74) is 8.00. The van der Waals surface area contributed by atoms with E-state index in [1.54, 1.807) is 6.07 Å². The number of imidazole rings is 1. The van der Waals surface area contributed by atoms with Gasteiger partial charge in [-0.25, -0.2) is 4.98 Å². The van der Waals surface area contributed by atoms with Gasteiger partial charge in [0.2, 0.25) is 0 Å².